The van der Waals surface area contributed by atoms with Crippen LogP contribution in [-0.2, 0) is 0 Å². The van der Waals surface area contributed by atoms with Gasteiger partial charge in [-0.1, -0.05) is 40.5 Å². The summed E-state index contributed by atoms with van der Waals surface area (Å²) in [4.78, 5) is 2.73. The Hall–Kier alpha value is 0.310. The number of hydrogen-bond donors (Lipinski definition) is 1. The fraction of sp³-hybridized carbons (Fsp3) is 1.00. The van der Waals surface area contributed by atoms with Gasteiger partial charge in [0.05, 0.1) is 0 Å². The summed E-state index contributed by atoms with van der Waals surface area (Å²) in [5, 5.41) is 0. The van der Waals surface area contributed by atoms with E-state index < -0.39 is 0 Å². The van der Waals surface area contributed by atoms with Gasteiger partial charge < -0.3 is 4.90 Å². The Labute approximate surface area is 126 Å². The number of nitrogens with zero attached hydrogens (tertiary/aromatic N) is 1. The second-order valence-corrected chi connectivity index (χ2v) is 7.77. The minimum absolute atomic E-state index is 0.459. The van der Waals surface area contributed by atoms with Crippen molar-refractivity contribution >= 4 is 12.6 Å². The standard InChI is InChI=1S/C17H35NS/c1-5-8-17(15-19,9-6-2)14-18-12-7-10-16(3,4)11-13-18/h19H,5-15H2,1-4H3. The quantitative estimate of drug-likeness (QED) is 0.643. The Kier molecular flexibility index (Phi) is 7.24. The summed E-state index contributed by atoms with van der Waals surface area (Å²) in [7, 11) is 0. The third-order valence-corrected chi connectivity index (χ3v) is 5.56. The lowest BCUT2D eigenvalue weighted by Crippen LogP contribution is -2.40. The summed E-state index contributed by atoms with van der Waals surface area (Å²) in [5.74, 6) is 1.05. The Bertz CT molecular complexity index is 244. The van der Waals surface area contributed by atoms with Crippen molar-refractivity contribution in [2.45, 2.75) is 72.6 Å². The molecule has 0 N–H and O–H groups in total. The van der Waals surface area contributed by atoms with Crippen molar-refractivity contribution in [2.24, 2.45) is 10.8 Å². The molecule has 1 nitrogen and oxygen atoms in total. The molecule has 2 heteroatoms. The van der Waals surface area contributed by atoms with Gasteiger partial charge in [0.1, 0.15) is 0 Å². The van der Waals surface area contributed by atoms with E-state index in [1.165, 1.54) is 64.6 Å². The smallest absolute Gasteiger partial charge is 0.00458 e. The van der Waals surface area contributed by atoms with Crippen LogP contribution in [0.4, 0.5) is 0 Å². The Morgan fingerprint density at radius 2 is 1.68 bits per heavy atom. The summed E-state index contributed by atoms with van der Waals surface area (Å²) < 4.78 is 0. The maximum absolute atomic E-state index is 4.70. The van der Waals surface area contributed by atoms with Gasteiger partial charge in [0, 0.05) is 6.54 Å². The maximum Gasteiger partial charge on any atom is 0.00458 e. The van der Waals surface area contributed by atoms with Crippen LogP contribution in [0, 0.1) is 10.8 Å². The molecule has 1 saturated heterocycles. The molecule has 1 aliphatic rings. The van der Waals surface area contributed by atoms with E-state index in [0.29, 0.717) is 10.8 Å². The number of rotatable bonds is 7. The molecule has 114 valence electrons. The second-order valence-electron chi connectivity index (χ2n) is 7.45. The van der Waals surface area contributed by atoms with Crippen molar-refractivity contribution in [3.63, 3.8) is 0 Å². The molecular weight excluding hydrogens is 250 g/mol. The molecule has 1 aliphatic heterocycles. The average Bonchev–Trinajstić information content (AvgIpc) is 2.51. The van der Waals surface area contributed by atoms with Gasteiger partial charge in [-0.25, -0.2) is 0 Å². The summed E-state index contributed by atoms with van der Waals surface area (Å²) in [6, 6.07) is 0. The normalized spacial score (nSPS) is 21.3. The van der Waals surface area contributed by atoms with Crippen LogP contribution in [-0.4, -0.2) is 30.3 Å². The molecule has 1 heterocycles. The lowest BCUT2D eigenvalue weighted by molar-refractivity contribution is 0.146. The second kappa shape index (κ2) is 7.93. The highest BCUT2D eigenvalue weighted by molar-refractivity contribution is 7.80. The maximum atomic E-state index is 4.70. The van der Waals surface area contributed by atoms with E-state index in [-0.39, 0.29) is 0 Å². The van der Waals surface area contributed by atoms with Crippen LogP contribution in [0.5, 0.6) is 0 Å². The van der Waals surface area contributed by atoms with Gasteiger partial charge in [0.2, 0.25) is 0 Å². The van der Waals surface area contributed by atoms with Crippen LogP contribution in [0.2, 0.25) is 0 Å². The van der Waals surface area contributed by atoms with Crippen LogP contribution in [0.3, 0.4) is 0 Å². The Balaban J connectivity index is 2.62. The van der Waals surface area contributed by atoms with Crippen LogP contribution in [0.1, 0.15) is 72.6 Å². The number of hydrogen-bond acceptors (Lipinski definition) is 2. The van der Waals surface area contributed by atoms with Crippen LogP contribution in [0.25, 0.3) is 0 Å². The van der Waals surface area contributed by atoms with Gasteiger partial charge >= 0.3 is 0 Å². The molecular formula is C17H35NS. The van der Waals surface area contributed by atoms with E-state index in [1.54, 1.807) is 0 Å². The molecule has 0 atom stereocenters. The predicted molar refractivity (Wildman–Crippen MR) is 90.2 cm³/mol. The SMILES string of the molecule is CCCC(CS)(CCC)CN1CCCC(C)(C)CC1. The van der Waals surface area contributed by atoms with E-state index >= 15 is 0 Å². The van der Waals surface area contributed by atoms with Gasteiger partial charge in [-0.05, 0) is 61.8 Å². The third kappa shape index (κ3) is 5.67. The zero-order chi connectivity index (χ0) is 14.4. The van der Waals surface area contributed by atoms with Crippen molar-refractivity contribution in [3.05, 3.63) is 0 Å². The lowest BCUT2D eigenvalue weighted by Gasteiger charge is -2.37. The first kappa shape index (κ1) is 17.4. The predicted octanol–water partition coefficient (Wildman–Crippen LogP) is 5.01. The van der Waals surface area contributed by atoms with Crippen LogP contribution < -0.4 is 0 Å². The topological polar surface area (TPSA) is 3.24 Å². The molecule has 0 aliphatic carbocycles. The van der Waals surface area contributed by atoms with E-state index in [1.807, 2.05) is 0 Å². The van der Waals surface area contributed by atoms with Gasteiger partial charge in [0.25, 0.3) is 0 Å². The monoisotopic (exact) mass is 285 g/mol. The first-order valence-electron chi connectivity index (χ1n) is 8.30. The molecule has 0 aromatic carbocycles. The zero-order valence-electron chi connectivity index (χ0n) is 13.7. The third-order valence-electron chi connectivity index (χ3n) is 4.89. The van der Waals surface area contributed by atoms with E-state index in [0.717, 1.165) is 5.75 Å². The molecule has 0 amide bonds. The summed E-state index contributed by atoms with van der Waals surface area (Å²) in [5.41, 5.74) is 1.01. The molecule has 0 radical (unpaired) electrons. The molecule has 0 spiro atoms. The highest BCUT2D eigenvalue weighted by Crippen LogP contribution is 2.35. The molecule has 1 fully saturated rings. The van der Waals surface area contributed by atoms with Crippen molar-refractivity contribution < 1.29 is 0 Å². The van der Waals surface area contributed by atoms with Crippen molar-refractivity contribution in [1.82, 2.24) is 4.90 Å². The fourth-order valence-electron chi connectivity index (χ4n) is 3.66. The van der Waals surface area contributed by atoms with E-state index in [2.05, 4.69) is 32.6 Å². The summed E-state index contributed by atoms with van der Waals surface area (Å²) >= 11 is 4.70. The minimum Gasteiger partial charge on any atom is -0.303 e. The van der Waals surface area contributed by atoms with Crippen molar-refractivity contribution in [1.29, 1.82) is 0 Å². The molecule has 0 aromatic rings. The van der Waals surface area contributed by atoms with Gasteiger partial charge in [0.15, 0.2) is 0 Å². The Morgan fingerprint density at radius 3 is 2.21 bits per heavy atom. The Morgan fingerprint density at radius 1 is 1.05 bits per heavy atom. The molecule has 0 unspecified atom stereocenters. The molecule has 0 aromatic heterocycles. The van der Waals surface area contributed by atoms with Gasteiger partial charge in [-0.15, -0.1) is 0 Å². The van der Waals surface area contributed by atoms with Gasteiger partial charge in [-0.2, -0.15) is 12.6 Å². The van der Waals surface area contributed by atoms with E-state index in [9.17, 15) is 0 Å². The van der Waals surface area contributed by atoms with Gasteiger partial charge in [-0.3, -0.25) is 0 Å². The number of thiol groups is 1. The number of likely N-dealkylation sites (tertiary alicyclic amines) is 1. The largest absolute Gasteiger partial charge is 0.303 e. The molecule has 0 bridgehead atoms. The van der Waals surface area contributed by atoms with Crippen LogP contribution >= 0.6 is 12.6 Å². The highest BCUT2D eigenvalue weighted by Gasteiger charge is 2.31. The fourth-order valence-corrected chi connectivity index (χ4v) is 4.08. The molecule has 0 saturated carbocycles. The lowest BCUT2D eigenvalue weighted by atomic mass is 9.80. The average molecular weight is 286 g/mol. The highest BCUT2D eigenvalue weighted by atomic mass is 32.1. The van der Waals surface area contributed by atoms with Crippen LogP contribution in [0.15, 0.2) is 0 Å². The first-order valence-corrected chi connectivity index (χ1v) is 8.93. The summed E-state index contributed by atoms with van der Waals surface area (Å²) in [6.07, 6.45) is 9.37. The van der Waals surface area contributed by atoms with Crippen molar-refractivity contribution in [3.8, 4) is 0 Å². The minimum atomic E-state index is 0.459. The summed E-state index contributed by atoms with van der Waals surface area (Å²) in [6.45, 7) is 13.4. The van der Waals surface area contributed by atoms with Crippen molar-refractivity contribution in [2.75, 3.05) is 25.4 Å². The molecule has 1 rings (SSSR count). The van der Waals surface area contributed by atoms with E-state index in [4.69, 9.17) is 12.6 Å². The first-order chi connectivity index (χ1) is 8.97. The zero-order valence-corrected chi connectivity index (χ0v) is 14.6. The molecule has 19 heavy (non-hydrogen) atoms.